The van der Waals surface area contributed by atoms with E-state index in [0.29, 0.717) is 32.9 Å². The summed E-state index contributed by atoms with van der Waals surface area (Å²) in [6.45, 7) is 0. The van der Waals surface area contributed by atoms with Gasteiger partial charge >= 0.3 is 0 Å². The lowest BCUT2D eigenvalue weighted by molar-refractivity contribution is 0.379. The van der Waals surface area contributed by atoms with Gasteiger partial charge < -0.3 is 9.47 Å². The molecular formula is C14H9Cl2NO2. The van der Waals surface area contributed by atoms with Crippen LogP contribution in [0.5, 0.6) is 17.2 Å². The summed E-state index contributed by atoms with van der Waals surface area (Å²) in [5.74, 6) is 1.45. The third-order valence-corrected chi connectivity index (χ3v) is 2.94. The van der Waals surface area contributed by atoms with E-state index in [2.05, 4.69) is 0 Å². The lowest BCUT2D eigenvalue weighted by atomic mass is 10.2. The molecule has 2 aromatic rings. The van der Waals surface area contributed by atoms with Crippen LogP contribution >= 0.6 is 23.2 Å². The van der Waals surface area contributed by atoms with Crippen molar-refractivity contribution in [2.45, 2.75) is 0 Å². The van der Waals surface area contributed by atoms with Gasteiger partial charge in [-0.15, -0.1) is 0 Å². The van der Waals surface area contributed by atoms with Crippen LogP contribution in [0.2, 0.25) is 10.0 Å². The molecule has 0 aromatic heterocycles. The fourth-order valence-electron chi connectivity index (χ4n) is 1.50. The molecule has 2 rings (SSSR count). The van der Waals surface area contributed by atoms with Crippen molar-refractivity contribution < 1.29 is 9.47 Å². The van der Waals surface area contributed by atoms with Gasteiger partial charge in [0.05, 0.1) is 23.8 Å². The van der Waals surface area contributed by atoms with Gasteiger partial charge in [0, 0.05) is 11.1 Å². The Morgan fingerprint density at radius 1 is 1.00 bits per heavy atom. The van der Waals surface area contributed by atoms with Crippen LogP contribution in [0.1, 0.15) is 5.56 Å². The van der Waals surface area contributed by atoms with Crippen LogP contribution in [0.4, 0.5) is 0 Å². The maximum Gasteiger partial charge on any atom is 0.169 e. The minimum Gasteiger partial charge on any atom is -0.493 e. The zero-order chi connectivity index (χ0) is 13.8. The Kier molecular flexibility index (Phi) is 4.16. The van der Waals surface area contributed by atoms with Crippen molar-refractivity contribution >= 4 is 23.2 Å². The first-order valence-corrected chi connectivity index (χ1v) is 6.10. The number of nitrogens with zero attached hydrogens (tertiary/aromatic N) is 1. The third kappa shape index (κ3) is 3.11. The van der Waals surface area contributed by atoms with Gasteiger partial charge in [-0.1, -0.05) is 23.2 Å². The van der Waals surface area contributed by atoms with Crippen LogP contribution < -0.4 is 9.47 Å². The standard InChI is InChI=1S/C14H9Cl2NO2/c1-18-14-7-10(15)3-5-13(14)19-12-4-2-9(8-17)6-11(12)16/h2-7H,1H3. The number of halogens is 2. The Bertz CT molecular complexity index is 650. The molecule has 0 atom stereocenters. The van der Waals surface area contributed by atoms with Gasteiger partial charge in [0.25, 0.3) is 0 Å². The predicted octanol–water partition coefficient (Wildman–Crippen LogP) is 4.67. The predicted molar refractivity (Wildman–Crippen MR) is 74.2 cm³/mol. The first-order chi connectivity index (χ1) is 9.13. The fraction of sp³-hybridized carbons (Fsp3) is 0.0714. The lowest BCUT2D eigenvalue weighted by Crippen LogP contribution is -1.91. The van der Waals surface area contributed by atoms with E-state index in [1.54, 1.807) is 36.4 Å². The molecule has 0 radical (unpaired) electrons. The summed E-state index contributed by atoms with van der Waals surface area (Å²) in [5.41, 5.74) is 0.473. The van der Waals surface area contributed by atoms with Crippen LogP contribution in [-0.2, 0) is 0 Å². The molecule has 0 amide bonds. The lowest BCUT2D eigenvalue weighted by Gasteiger charge is -2.11. The Hall–Kier alpha value is -1.89. The van der Waals surface area contributed by atoms with Crippen LogP contribution in [0, 0.1) is 11.3 Å². The van der Waals surface area contributed by atoms with Gasteiger partial charge in [0.1, 0.15) is 5.75 Å². The van der Waals surface area contributed by atoms with Crippen molar-refractivity contribution in [3.05, 3.63) is 52.0 Å². The van der Waals surface area contributed by atoms with E-state index < -0.39 is 0 Å². The average molecular weight is 294 g/mol. The van der Waals surface area contributed by atoms with E-state index in [0.717, 1.165) is 0 Å². The number of nitriles is 1. The summed E-state index contributed by atoms with van der Waals surface area (Å²) in [7, 11) is 1.53. The van der Waals surface area contributed by atoms with Gasteiger partial charge in [-0.2, -0.15) is 5.26 Å². The molecule has 0 aliphatic heterocycles. The summed E-state index contributed by atoms with van der Waals surface area (Å²) >= 11 is 11.9. The number of rotatable bonds is 3. The van der Waals surface area contributed by atoms with Gasteiger partial charge in [0.15, 0.2) is 11.5 Å². The Balaban J connectivity index is 2.34. The first-order valence-electron chi connectivity index (χ1n) is 5.35. The molecule has 0 saturated carbocycles. The molecule has 0 bridgehead atoms. The van der Waals surface area contributed by atoms with E-state index in [9.17, 15) is 0 Å². The summed E-state index contributed by atoms with van der Waals surface area (Å²) in [5, 5.41) is 9.68. The largest absolute Gasteiger partial charge is 0.493 e. The zero-order valence-corrected chi connectivity index (χ0v) is 11.5. The van der Waals surface area contributed by atoms with Crippen LogP contribution in [0.3, 0.4) is 0 Å². The highest BCUT2D eigenvalue weighted by atomic mass is 35.5. The zero-order valence-electron chi connectivity index (χ0n) is 9.98. The topological polar surface area (TPSA) is 42.2 Å². The van der Waals surface area contributed by atoms with Crippen LogP contribution in [0.15, 0.2) is 36.4 Å². The van der Waals surface area contributed by atoms with E-state index in [1.165, 1.54) is 7.11 Å². The van der Waals surface area contributed by atoms with Crippen molar-refractivity contribution in [2.24, 2.45) is 0 Å². The SMILES string of the molecule is COc1cc(Cl)ccc1Oc1ccc(C#N)cc1Cl. The highest BCUT2D eigenvalue weighted by Gasteiger charge is 2.09. The number of hydrogen-bond acceptors (Lipinski definition) is 3. The highest BCUT2D eigenvalue weighted by molar-refractivity contribution is 6.32. The Morgan fingerprint density at radius 3 is 2.37 bits per heavy atom. The molecule has 0 unspecified atom stereocenters. The van der Waals surface area contributed by atoms with Crippen molar-refractivity contribution in [1.82, 2.24) is 0 Å². The van der Waals surface area contributed by atoms with Crippen molar-refractivity contribution in [3.8, 4) is 23.3 Å². The molecule has 96 valence electrons. The van der Waals surface area contributed by atoms with Crippen molar-refractivity contribution in [2.75, 3.05) is 7.11 Å². The van der Waals surface area contributed by atoms with E-state index in [1.807, 2.05) is 6.07 Å². The van der Waals surface area contributed by atoms with Gasteiger partial charge in [-0.3, -0.25) is 0 Å². The van der Waals surface area contributed by atoms with Crippen LogP contribution in [0.25, 0.3) is 0 Å². The average Bonchev–Trinajstić information content (AvgIpc) is 2.42. The minimum atomic E-state index is 0.357. The van der Waals surface area contributed by atoms with Crippen molar-refractivity contribution in [1.29, 1.82) is 5.26 Å². The molecule has 3 nitrogen and oxygen atoms in total. The number of methoxy groups -OCH3 is 1. The first kappa shape index (κ1) is 13.5. The number of ether oxygens (including phenoxy) is 2. The Labute approximate surface area is 120 Å². The number of benzene rings is 2. The second-order valence-corrected chi connectivity index (χ2v) is 4.50. The summed E-state index contributed by atoms with van der Waals surface area (Å²) in [6.07, 6.45) is 0. The molecular weight excluding hydrogens is 285 g/mol. The second kappa shape index (κ2) is 5.83. The van der Waals surface area contributed by atoms with E-state index in [4.69, 9.17) is 37.9 Å². The fourth-order valence-corrected chi connectivity index (χ4v) is 1.88. The molecule has 0 heterocycles. The molecule has 0 N–H and O–H groups in total. The summed E-state index contributed by atoms with van der Waals surface area (Å²) < 4.78 is 10.8. The monoisotopic (exact) mass is 293 g/mol. The normalized spacial score (nSPS) is 9.79. The Morgan fingerprint density at radius 2 is 1.74 bits per heavy atom. The minimum absolute atomic E-state index is 0.357. The van der Waals surface area contributed by atoms with E-state index in [-0.39, 0.29) is 0 Å². The molecule has 0 spiro atoms. The second-order valence-electron chi connectivity index (χ2n) is 3.65. The molecule has 19 heavy (non-hydrogen) atoms. The van der Waals surface area contributed by atoms with Crippen LogP contribution in [-0.4, -0.2) is 7.11 Å². The maximum absolute atomic E-state index is 8.77. The van der Waals surface area contributed by atoms with Crippen molar-refractivity contribution in [3.63, 3.8) is 0 Å². The van der Waals surface area contributed by atoms with Gasteiger partial charge in [-0.05, 0) is 30.3 Å². The number of hydrogen-bond donors (Lipinski definition) is 0. The van der Waals surface area contributed by atoms with Gasteiger partial charge in [-0.25, -0.2) is 0 Å². The third-order valence-electron chi connectivity index (χ3n) is 2.41. The molecule has 0 aliphatic rings. The molecule has 2 aromatic carbocycles. The summed E-state index contributed by atoms with van der Waals surface area (Å²) in [4.78, 5) is 0. The maximum atomic E-state index is 8.77. The van der Waals surface area contributed by atoms with E-state index >= 15 is 0 Å². The van der Waals surface area contributed by atoms with Gasteiger partial charge in [0.2, 0.25) is 0 Å². The molecule has 5 heteroatoms. The molecule has 0 saturated heterocycles. The quantitative estimate of drug-likeness (QED) is 0.826. The summed E-state index contributed by atoms with van der Waals surface area (Å²) in [6, 6.07) is 11.8. The highest BCUT2D eigenvalue weighted by Crippen LogP contribution is 2.36. The molecule has 0 aliphatic carbocycles. The molecule has 0 fully saturated rings. The smallest absolute Gasteiger partial charge is 0.169 e.